The maximum absolute atomic E-state index is 13.3. The van der Waals surface area contributed by atoms with Crippen molar-refractivity contribution in [1.82, 2.24) is 15.0 Å². The van der Waals surface area contributed by atoms with Crippen LogP contribution in [0.3, 0.4) is 0 Å². The van der Waals surface area contributed by atoms with Gasteiger partial charge in [-0.25, -0.2) is 0 Å². The first kappa shape index (κ1) is 24.2. The van der Waals surface area contributed by atoms with Crippen LogP contribution in [0.15, 0.2) is 34.9 Å². The Balaban J connectivity index is 1.55. The number of aromatic nitrogens is 2. The molecule has 0 bridgehead atoms. The number of piperidine rings is 1. The molecule has 3 aromatic rings. The van der Waals surface area contributed by atoms with E-state index >= 15 is 0 Å². The number of hydrogen-bond acceptors (Lipinski definition) is 9. The molecular formula is C25H29N3O7. The third-order valence-electron chi connectivity index (χ3n) is 6.06. The van der Waals surface area contributed by atoms with Gasteiger partial charge in [-0.1, -0.05) is 5.16 Å². The Morgan fingerprint density at radius 3 is 2.29 bits per heavy atom. The number of carbonyl (C=O) groups excluding carboxylic acids is 1. The zero-order valence-corrected chi connectivity index (χ0v) is 20.5. The van der Waals surface area contributed by atoms with Gasteiger partial charge in [-0.3, -0.25) is 4.79 Å². The highest BCUT2D eigenvalue weighted by atomic mass is 16.5. The monoisotopic (exact) mass is 483 g/mol. The van der Waals surface area contributed by atoms with E-state index in [1.165, 1.54) is 7.11 Å². The van der Waals surface area contributed by atoms with Gasteiger partial charge < -0.3 is 33.1 Å². The summed E-state index contributed by atoms with van der Waals surface area (Å²) in [6.45, 7) is 1.10. The number of rotatable bonds is 8. The summed E-state index contributed by atoms with van der Waals surface area (Å²) >= 11 is 0. The van der Waals surface area contributed by atoms with E-state index in [1.807, 2.05) is 0 Å². The molecule has 2 heterocycles. The second-order valence-corrected chi connectivity index (χ2v) is 8.03. The highest BCUT2D eigenvalue weighted by molar-refractivity contribution is 5.97. The molecule has 1 aliphatic heterocycles. The number of ether oxygens (including phenoxy) is 5. The van der Waals surface area contributed by atoms with Crippen LogP contribution in [-0.2, 0) is 0 Å². The van der Waals surface area contributed by atoms with Crippen LogP contribution in [0, 0.1) is 0 Å². The first-order valence-corrected chi connectivity index (χ1v) is 11.2. The second kappa shape index (κ2) is 10.5. The van der Waals surface area contributed by atoms with Crippen molar-refractivity contribution in [2.75, 3.05) is 48.6 Å². The fraction of sp³-hybridized carbons (Fsp3) is 0.400. The number of likely N-dealkylation sites (tertiary alicyclic amines) is 1. The smallest absolute Gasteiger partial charge is 0.257 e. The lowest BCUT2D eigenvalue weighted by atomic mass is 9.97. The van der Waals surface area contributed by atoms with E-state index < -0.39 is 0 Å². The molecular weight excluding hydrogens is 454 g/mol. The normalized spacial score (nSPS) is 15.5. The summed E-state index contributed by atoms with van der Waals surface area (Å²) in [5.41, 5.74) is 1.15. The average molecular weight is 484 g/mol. The third-order valence-corrected chi connectivity index (χ3v) is 6.06. The first-order chi connectivity index (χ1) is 17.0. The molecule has 0 N–H and O–H groups in total. The van der Waals surface area contributed by atoms with Crippen molar-refractivity contribution in [2.45, 2.75) is 18.8 Å². The highest BCUT2D eigenvalue weighted by Crippen LogP contribution is 2.41. The number of methoxy groups -OCH3 is 5. The van der Waals surface area contributed by atoms with Gasteiger partial charge in [0.25, 0.3) is 5.91 Å². The van der Waals surface area contributed by atoms with E-state index in [0.717, 1.165) is 12.8 Å². The SMILES string of the molecule is COc1ccc(C(=O)N2CCCC(c3nc(-c4cc(OC)c(OC)c(OC)c4)no3)C2)c(OC)c1. The summed E-state index contributed by atoms with van der Waals surface area (Å²) in [5.74, 6) is 3.26. The van der Waals surface area contributed by atoms with Gasteiger partial charge in [-0.15, -0.1) is 0 Å². The van der Waals surface area contributed by atoms with E-state index in [1.54, 1.807) is 63.7 Å². The molecule has 1 amide bonds. The molecule has 1 atom stereocenters. The van der Waals surface area contributed by atoms with Crippen LogP contribution in [0.1, 0.15) is 35.0 Å². The van der Waals surface area contributed by atoms with Gasteiger partial charge in [0.05, 0.1) is 47.0 Å². The molecule has 35 heavy (non-hydrogen) atoms. The Labute approximate surface area is 203 Å². The summed E-state index contributed by atoms with van der Waals surface area (Å²) in [6, 6.07) is 8.71. The molecule has 1 unspecified atom stereocenters. The van der Waals surface area contributed by atoms with Crippen molar-refractivity contribution in [3.05, 3.63) is 41.8 Å². The Morgan fingerprint density at radius 1 is 0.943 bits per heavy atom. The molecule has 4 rings (SSSR count). The Bertz CT molecular complexity index is 1170. The van der Waals surface area contributed by atoms with Crippen LogP contribution >= 0.6 is 0 Å². The van der Waals surface area contributed by atoms with Gasteiger partial charge in [-0.05, 0) is 37.1 Å². The van der Waals surface area contributed by atoms with Crippen molar-refractivity contribution >= 4 is 5.91 Å². The highest BCUT2D eigenvalue weighted by Gasteiger charge is 2.30. The maximum atomic E-state index is 13.3. The van der Waals surface area contributed by atoms with Crippen molar-refractivity contribution in [2.24, 2.45) is 0 Å². The summed E-state index contributed by atoms with van der Waals surface area (Å²) in [4.78, 5) is 19.7. The lowest BCUT2D eigenvalue weighted by molar-refractivity contribution is 0.0692. The maximum Gasteiger partial charge on any atom is 0.257 e. The molecule has 0 radical (unpaired) electrons. The molecule has 1 aliphatic rings. The van der Waals surface area contributed by atoms with Crippen molar-refractivity contribution in [1.29, 1.82) is 0 Å². The quantitative estimate of drug-likeness (QED) is 0.473. The predicted molar refractivity (Wildman–Crippen MR) is 127 cm³/mol. The minimum Gasteiger partial charge on any atom is -0.497 e. The Kier molecular flexibility index (Phi) is 7.28. The Hall–Kier alpha value is -3.95. The predicted octanol–water partition coefficient (Wildman–Crippen LogP) is 3.80. The average Bonchev–Trinajstić information content (AvgIpc) is 3.42. The number of carbonyl (C=O) groups is 1. The van der Waals surface area contributed by atoms with Gasteiger partial charge in [0.1, 0.15) is 11.5 Å². The third kappa shape index (κ3) is 4.82. The summed E-state index contributed by atoms with van der Waals surface area (Å²) in [6.07, 6.45) is 1.65. The molecule has 186 valence electrons. The molecule has 0 aliphatic carbocycles. The second-order valence-electron chi connectivity index (χ2n) is 8.03. The zero-order chi connectivity index (χ0) is 24.9. The van der Waals surface area contributed by atoms with E-state index in [2.05, 4.69) is 10.1 Å². The molecule has 1 aromatic heterocycles. The minimum absolute atomic E-state index is 0.0831. The van der Waals surface area contributed by atoms with Gasteiger partial charge >= 0.3 is 0 Å². The van der Waals surface area contributed by atoms with Gasteiger partial charge in [0.15, 0.2) is 11.5 Å². The van der Waals surface area contributed by atoms with E-state index in [4.69, 9.17) is 28.2 Å². The number of benzene rings is 2. The van der Waals surface area contributed by atoms with Crippen LogP contribution in [-0.4, -0.2) is 69.6 Å². The topological polar surface area (TPSA) is 105 Å². The molecule has 10 nitrogen and oxygen atoms in total. The molecule has 1 fully saturated rings. The van der Waals surface area contributed by atoms with Gasteiger partial charge in [0.2, 0.25) is 17.5 Å². The summed E-state index contributed by atoms with van der Waals surface area (Å²) in [7, 11) is 7.75. The zero-order valence-electron chi connectivity index (χ0n) is 20.5. The molecule has 0 saturated carbocycles. The Morgan fingerprint density at radius 2 is 1.66 bits per heavy atom. The standard InChI is InChI=1S/C25H29N3O7/c1-30-17-8-9-18(19(13-17)31-2)25(29)28-10-6-7-15(14-28)24-26-23(27-35-24)16-11-20(32-3)22(34-5)21(12-16)33-4/h8-9,11-13,15H,6-7,10,14H2,1-5H3. The summed E-state index contributed by atoms with van der Waals surface area (Å²) < 4.78 is 32.5. The van der Waals surface area contributed by atoms with Crippen LogP contribution in [0.2, 0.25) is 0 Å². The molecule has 2 aromatic carbocycles. The van der Waals surface area contributed by atoms with Crippen molar-refractivity contribution < 1.29 is 33.0 Å². The number of nitrogens with zero attached hydrogens (tertiary/aromatic N) is 3. The number of hydrogen-bond donors (Lipinski definition) is 0. The fourth-order valence-corrected chi connectivity index (χ4v) is 4.24. The first-order valence-electron chi connectivity index (χ1n) is 11.2. The van der Waals surface area contributed by atoms with E-state index in [9.17, 15) is 4.79 Å². The lowest BCUT2D eigenvalue weighted by Crippen LogP contribution is -2.39. The summed E-state index contributed by atoms with van der Waals surface area (Å²) in [5, 5.41) is 4.17. The largest absolute Gasteiger partial charge is 0.497 e. The van der Waals surface area contributed by atoms with Crippen LogP contribution in [0.25, 0.3) is 11.4 Å². The van der Waals surface area contributed by atoms with E-state index in [-0.39, 0.29) is 11.8 Å². The van der Waals surface area contributed by atoms with Gasteiger partial charge in [0, 0.05) is 24.7 Å². The minimum atomic E-state index is -0.112. The van der Waals surface area contributed by atoms with Gasteiger partial charge in [-0.2, -0.15) is 4.98 Å². The molecule has 0 spiro atoms. The van der Waals surface area contributed by atoms with Crippen LogP contribution in [0.5, 0.6) is 28.7 Å². The molecule has 10 heteroatoms. The van der Waals surface area contributed by atoms with Crippen LogP contribution < -0.4 is 23.7 Å². The van der Waals surface area contributed by atoms with Crippen LogP contribution in [0.4, 0.5) is 0 Å². The number of amides is 1. The van der Waals surface area contributed by atoms with Crippen molar-refractivity contribution in [3.8, 4) is 40.1 Å². The fourth-order valence-electron chi connectivity index (χ4n) is 4.24. The molecule has 1 saturated heterocycles. The van der Waals surface area contributed by atoms with Crippen molar-refractivity contribution in [3.63, 3.8) is 0 Å². The van der Waals surface area contributed by atoms with E-state index in [0.29, 0.717) is 64.7 Å². The lowest BCUT2D eigenvalue weighted by Gasteiger charge is -2.31.